The largest absolute Gasteiger partial charge is 0.243 e. The summed E-state index contributed by atoms with van der Waals surface area (Å²) in [6, 6.07) is 3.83. The van der Waals surface area contributed by atoms with Crippen LogP contribution in [0.5, 0.6) is 0 Å². The highest BCUT2D eigenvalue weighted by atomic mass is 32.1. The maximum absolute atomic E-state index is 4.84. The van der Waals surface area contributed by atoms with Crippen molar-refractivity contribution < 1.29 is 0 Å². The summed E-state index contributed by atoms with van der Waals surface area (Å²) < 4.78 is 0. The van der Waals surface area contributed by atoms with Gasteiger partial charge in [0.25, 0.3) is 0 Å². The topological polar surface area (TPSA) is 142 Å². The van der Waals surface area contributed by atoms with E-state index >= 15 is 0 Å². The molecule has 11 nitrogen and oxygen atoms in total. The van der Waals surface area contributed by atoms with Crippen LogP contribution in [0.25, 0.3) is 75.3 Å². The van der Waals surface area contributed by atoms with E-state index in [2.05, 4.69) is 34.9 Å². The summed E-state index contributed by atoms with van der Waals surface area (Å²) in [6.45, 7) is 0. The standard InChI is InChI=1S/C21H7N11S4/c1-2-9-17(33-5-24-9)28-8(1)10-3-22-16-21(29-10)36-18(32-16)13-12(30-15-20(31-13)35-7-26-15)11-4-23-19-14(27-11)25-6-34-19/h1-7H. The number of rotatable bonds is 3. The molecule has 0 spiro atoms. The van der Waals surface area contributed by atoms with E-state index in [1.54, 1.807) is 28.9 Å². The smallest absolute Gasteiger partial charge is 0.190 e. The maximum Gasteiger partial charge on any atom is 0.190 e. The number of fused-ring (bicyclic) bond motifs is 4. The van der Waals surface area contributed by atoms with E-state index < -0.39 is 0 Å². The first-order valence-corrected chi connectivity index (χ1v) is 13.8. The molecule has 8 heterocycles. The summed E-state index contributed by atoms with van der Waals surface area (Å²) in [4.78, 5) is 53.4. The van der Waals surface area contributed by atoms with Crippen LogP contribution in [0, 0.1) is 0 Å². The molecule has 0 N–H and O–H groups in total. The molecule has 0 unspecified atom stereocenters. The summed E-state index contributed by atoms with van der Waals surface area (Å²) >= 11 is 5.72. The van der Waals surface area contributed by atoms with Crippen LogP contribution >= 0.6 is 45.3 Å². The molecule has 8 aromatic heterocycles. The molecule has 0 aliphatic rings. The van der Waals surface area contributed by atoms with Crippen LogP contribution in [-0.4, -0.2) is 54.8 Å². The molecular weight excluding hydrogens is 535 g/mol. The van der Waals surface area contributed by atoms with E-state index in [0.29, 0.717) is 54.4 Å². The predicted molar refractivity (Wildman–Crippen MR) is 140 cm³/mol. The average Bonchev–Trinajstić information content (AvgIpc) is 3.71. The number of hydrogen-bond donors (Lipinski definition) is 0. The van der Waals surface area contributed by atoms with E-state index in [1.165, 1.54) is 45.3 Å². The molecule has 8 rings (SSSR count). The van der Waals surface area contributed by atoms with Gasteiger partial charge >= 0.3 is 0 Å². The molecule has 0 saturated heterocycles. The predicted octanol–water partition coefficient (Wildman–Crippen LogP) is 4.89. The fourth-order valence-electron chi connectivity index (χ4n) is 3.64. The summed E-state index contributed by atoms with van der Waals surface area (Å²) in [6.07, 6.45) is 3.36. The minimum absolute atomic E-state index is 0.524. The second-order valence-corrected chi connectivity index (χ2v) is 10.9. The van der Waals surface area contributed by atoms with Gasteiger partial charge in [0.1, 0.15) is 32.6 Å². The summed E-state index contributed by atoms with van der Waals surface area (Å²) in [5.41, 5.74) is 10.8. The zero-order valence-corrected chi connectivity index (χ0v) is 20.9. The van der Waals surface area contributed by atoms with Gasteiger partial charge in [-0.1, -0.05) is 11.3 Å². The van der Waals surface area contributed by atoms with Gasteiger partial charge < -0.3 is 0 Å². The molecule has 0 saturated carbocycles. The van der Waals surface area contributed by atoms with E-state index in [9.17, 15) is 0 Å². The Morgan fingerprint density at radius 1 is 0.472 bits per heavy atom. The quantitative estimate of drug-likeness (QED) is 0.302. The summed E-state index contributed by atoms with van der Waals surface area (Å²) in [7, 11) is 0. The second-order valence-electron chi connectivity index (χ2n) is 7.41. The monoisotopic (exact) mass is 541 g/mol. The van der Waals surface area contributed by atoms with Crippen LogP contribution < -0.4 is 0 Å². The normalized spacial score (nSPS) is 11.9. The van der Waals surface area contributed by atoms with E-state index in [0.717, 1.165) is 20.9 Å². The highest BCUT2D eigenvalue weighted by Crippen LogP contribution is 2.35. The summed E-state index contributed by atoms with van der Waals surface area (Å²) in [5, 5.41) is 0.631. The highest BCUT2D eigenvalue weighted by molar-refractivity contribution is 7.21. The van der Waals surface area contributed by atoms with Gasteiger partial charge in [0, 0.05) is 0 Å². The van der Waals surface area contributed by atoms with Crippen molar-refractivity contribution in [3.05, 3.63) is 41.1 Å². The number of aromatic nitrogens is 11. The zero-order valence-electron chi connectivity index (χ0n) is 17.6. The lowest BCUT2D eigenvalue weighted by molar-refractivity contribution is 1.19. The Kier molecular flexibility index (Phi) is 4.33. The van der Waals surface area contributed by atoms with E-state index in [-0.39, 0.29) is 0 Å². The maximum atomic E-state index is 4.84. The molecule has 0 fully saturated rings. The van der Waals surface area contributed by atoms with Crippen molar-refractivity contribution in [2.75, 3.05) is 0 Å². The van der Waals surface area contributed by atoms with Crippen molar-refractivity contribution in [3.63, 3.8) is 0 Å². The van der Waals surface area contributed by atoms with Gasteiger partial charge in [-0.05, 0) is 12.1 Å². The van der Waals surface area contributed by atoms with Crippen molar-refractivity contribution >= 4 is 87.1 Å². The third kappa shape index (κ3) is 3.17. The molecule has 0 aromatic carbocycles. The van der Waals surface area contributed by atoms with Crippen LogP contribution in [-0.2, 0) is 0 Å². The Balaban J connectivity index is 1.30. The Hall–Kier alpha value is -4.05. The van der Waals surface area contributed by atoms with Crippen LogP contribution in [0.4, 0.5) is 0 Å². The first-order valence-electron chi connectivity index (χ1n) is 10.3. The second kappa shape index (κ2) is 7.72. The first-order chi connectivity index (χ1) is 17.8. The number of hydrogen-bond acceptors (Lipinski definition) is 15. The summed E-state index contributed by atoms with van der Waals surface area (Å²) in [5.74, 6) is 0. The lowest BCUT2D eigenvalue weighted by atomic mass is 10.2. The van der Waals surface area contributed by atoms with Crippen molar-refractivity contribution in [3.8, 4) is 33.5 Å². The van der Waals surface area contributed by atoms with Gasteiger partial charge in [-0.25, -0.2) is 54.8 Å². The number of pyridine rings is 1. The third-order valence-corrected chi connectivity index (χ3v) is 8.38. The van der Waals surface area contributed by atoms with Gasteiger partial charge in [-0.15, -0.1) is 34.0 Å². The van der Waals surface area contributed by atoms with Crippen molar-refractivity contribution in [2.45, 2.75) is 0 Å². The van der Waals surface area contributed by atoms with Crippen LogP contribution in [0.15, 0.2) is 41.1 Å². The fourth-order valence-corrected chi connectivity index (χ4v) is 6.36. The van der Waals surface area contributed by atoms with Gasteiger partial charge in [0.05, 0.1) is 40.1 Å². The van der Waals surface area contributed by atoms with Gasteiger partial charge in [-0.2, -0.15) is 0 Å². The molecule has 170 valence electrons. The van der Waals surface area contributed by atoms with Gasteiger partial charge in [-0.3, -0.25) is 0 Å². The Morgan fingerprint density at radius 2 is 1.22 bits per heavy atom. The van der Waals surface area contributed by atoms with Gasteiger partial charge in [0.2, 0.25) is 0 Å². The average molecular weight is 542 g/mol. The van der Waals surface area contributed by atoms with E-state index in [1.807, 2.05) is 12.1 Å². The van der Waals surface area contributed by atoms with Crippen LogP contribution in [0.3, 0.4) is 0 Å². The lowest BCUT2D eigenvalue weighted by Crippen LogP contribution is -1.97. The minimum Gasteiger partial charge on any atom is -0.243 e. The Morgan fingerprint density at radius 3 is 2.17 bits per heavy atom. The minimum atomic E-state index is 0.524. The lowest BCUT2D eigenvalue weighted by Gasteiger charge is -2.04. The van der Waals surface area contributed by atoms with Crippen molar-refractivity contribution in [1.82, 2.24) is 54.8 Å². The molecule has 0 aliphatic carbocycles. The molecule has 0 aliphatic heterocycles. The Labute approximate surface area is 215 Å². The fraction of sp³-hybridized carbons (Fsp3) is 0. The van der Waals surface area contributed by atoms with Crippen LogP contribution in [0.2, 0.25) is 0 Å². The Bertz CT molecular complexity index is 2090. The molecular formula is C21H7N11S4. The zero-order chi connectivity index (χ0) is 23.6. The van der Waals surface area contributed by atoms with Crippen LogP contribution in [0.1, 0.15) is 0 Å². The highest BCUT2D eigenvalue weighted by Gasteiger charge is 2.21. The molecule has 0 bridgehead atoms. The molecule has 0 radical (unpaired) electrons. The number of nitrogens with zero attached hydrogens (tertiary/aromatic N) is 11. The first kappa shape index (κ1) is 20.2. The number of thiazole rings is 4. The van der Waals surface area contributed by atoms with Crippen molar-refractivity contribution in [1.29, 1.82) is 0 Å². The van der Waals surface area contributed by atoms with Gasteiger partial charge in [0.15, 0.2) is 31.4 Å². The SMILES string of the molecule is c1nc2ccc(-c3cnc4nc(-c5nc6scnc6nc5-c5cnc6scnc6n5)sc4n3)nc2s1. The van der Waals surface area contributed by atoms with E-state index in [4.69, 9.17) is 19.9 Å². The molecule has 0 atom stereocenters. The van der Waals surface area contributed by atoms with Crippen molar-refractivity contribution in [2.24, 2.45) is 0 Å². The molecule has 8 aromatic rings. The molecule has 15 heteroatoms. The third-order valence-electron chi connectivity index (χ3n) is 5.27. The molecule has 0 amide bonds. The molecule has 36 heavy (non-hydrogen) atoms.